The van der Waals surface area contributed by atoms with Crippen LogP contribution < -0.4 is 5.32 Å². The second-order valence-corrected chi connectivity index (χ2v) is 8.52. The number of benzene rings is 2. The van der Waals surface area contributed by atoms with E-state index in [-0.39, 0.29) is 30.6 Å². The molecule has 2 saturated carbocycles. The van der Waals surface area contributed by atoms with Gasteiger partial charge in [0.15, 0.2) is 0 Å². The fraction of sp³-hybridized carbons (Fsp3) is 0.458. The zero-order valence-electron chi connectivity index (χ0n) is 16.0. The van der Waals surface area contributed by atoms with Crippen molar-refractivity contribution in [3.63, 3.8) is 0 Å². The zero-order valence-corrected chi connectivity index (χ0v) is 16.0. The summed E-state index contributed by atoms with van der Waals surface area (Å²) >= 11 is 0. The van der Waals surface area contributed by atoms with Crippen molar-refractivity contribution >= 4 is 6.09 Å². The van der Waals surface area contributed by atoms with Gasteiger partial charge in [-0.15, -0.1) is 0 Å². The molecule has 2 aromatic carbocycles. The highest BCUT2D eigenvalue weighted by atomic mass is 16.5. The average molecular weight is 377 g/mol. The number of rotatable bonds is 7. The van der Waals surface area contributed by atoms with Gasteiger partial charge >= 0.3 is 6.09 Å². The minimum atomic E-state index is -0.349. The fourth-order valence-electron chi connectivity index (χ4n) is 4.89. The molecule has 0 saturated heterocycles. The maximum absolute atomic E-state index is 12.6. The maximum atomic E-state index is 12.6. The van der Waals surface area contributed by atoms with E-state index in [0.717, 1.165) is 12.8 Å². The number of nitrogens with one attached hydrogen (secondary N) is 1. The molecule has 4 nitrogen and oxygen atoms in total. The van der Waals surface area contributed by atoms with E-state index in [4.69, 9.17) is 4.74 Å². The van der Waals surface area contributed by atoms with E-state index in [9.17, 15) is 9.90 Å². The summed E-state index contributed by atoms with van der Waals surface area (Å²) in [7, 11) is 0. The number of amides is 1. The van der Waals surface area contributed by atoms with Gasteiger partial charge in [-0.2, -0.15) is 0 Å². The average Bonchev–Trinajstić information content (AvgIpc) is 3.63. The van der Waals surface area contributed by atoms with Crippen LogP contribution in [0.25, 0.3) is 11.1 Å². The Balaban J connectivity index is 1.28. The van der Waals surface area contributed by atoms with Crippen LogP contribution in [0.1, 0.15) is 42.7 Å². The Bertz CT molecular complexity index is 826. The van der Waals surface area contributed by atoms with Crippen molar-refractivity contribution in [1.29, 1.82) is 0 Å². The second-order valence-electron chi connectivity index (χ2n) is 8.52. The minimum absolute atomic E-state index is 0.0492. The van der Waals surface area contributed by atoms with Crippen molar-refractivity contribution in [3.05, 3.63) is 59.7 Å². The standard InChI is InChI=1S/C24H27NO3/c26-13-21(15-9-10-15)23(16-11-12-16)25-24(27)28-14-22-19-7-3-1-5-17(19)18-6-2-4-8-20(18)22/h1-8,15-16,21-23,26H,9-14H2,(H,25,27). The van der Waals surface area contributed by atoms with E-state index in [2.05, 4.69) is 41.7 Å². The van der Waals surface area contributed by atoms with Gasteiger partial charge in [0.05, 0.1) is 0 Å². The molecule has 0 spiro atoms. The predicted molar refractivity (Wildman–Crippen MR) is 108 cm³/mol. The van der Waals surface area contributed by atoms with Gasteiger partial charge < -0.3 is 15.2 Å². The normalized spacial score (nSPS) is 20.2. The van der Waals surface area contributed by atoms with Gasteiger partial charge in [0.1, 0.15) is 6.61 Å². The first-order valence-electron chi connectivity index (χ1n) is 10.5. The Labute approximate surface area is 165 Å². The summed E-state index contributed by atoms with van der Waals surface area (Å²) < 4.78 is 5.71. The number of carbonyl (C=O) groups is 1. The van der Waals surface area contributed by atoms with Crippen LogP contribution in [0.2, 0.25) is 0 Å². The number of hydrogen-bond acceptors (Lipinski definition) is 3. The number of aliphatic hydroxyl groups excluding tert-OH is 1. The topological polar surface area (TPSA) is 58.6 Å². The predicted octanol–water partition coefficient (Wildman–Crippen LogP) is 4.32. The van der Waals surface area contributed by atoms with Gasteiger partial charge in [0, 0.05) is 24.5 Å². The molecular weight excluding hydrogens is 350 g/mol. The Kier molecular flexibility index (Phi) is 4.59. The van der Waals surface area contributed by atoms with Crippen LogP contribution in [0.5, 0.6) is 0 Å². The lowest BCUT2D eigenvalue weighted by molar-refractivity contribution is 0.118. The molecule has 1 amide bonds. The molecule has 2 N–H and O–H groups in total. The summed E-state index contributed by atoms with van der Waals surface area (Å²) in [6.45, 7) is 0.486. The summed E-state index contributed by atoms with van der Waals surface area (Å²) in [5.74, 6) is 1.31. The lowest BCUT2D eigenvalue weighted by Gasteiger charge is -2.26. The molecule has 146 valence electrons. The van der Waals surface area contributed by atoms with Crippen LogP contribution in [0, 0.1) is 17.8 Å². The van der Waals surface area contributed by atoms with Crippen LogP contribution >= 0.6 is 0 Å². The van der Waals surface area contributed by atoms with E-state index in [0.29, 0.717) is 18.4 Å². The van der Waals surface area contributed by atoms with Crippen LogP contribution in [0.3, 0.4) is 0 Å². The summed E-state index contributed by atoms with van der Waals surface area (Å²) in [5, 5.41) is 12.9. The molecule has 2 unspecified atom stereocenters. The van der Waals surface area contributed by atoms with Crippen molar-refractivity contribution in [2.45, 2.75) is 37.6 Å². The Morgan fingerprint density at radius 3 is 2.07 bits per heavy atom. The first-order valence-corrected chi connectivity index (χ1v) is 10.5. The Hall–Kier alpha value is -2.33. The molecule has 2 atom stereocenters. The van der Waals surface area contributed by atoms with E-state index in [1.165, 1.54) is 35.1 Å². The third kappa shape index (κ3) is 3.30. The fourth-order valence-corrected chi connectivity index (χ4v) is 4.89. The molecule has 3 aliphatic carbocycles. The monoisotopic (exact) mass is 377 g/mol. The number of alkyl carbamates (subject to hydrolysis) is 1. The van der Waals surface area contributed by atoms with Crippen molar-refractivity contribution in [3.8, 4) is 11.1 Å². The molecule has 0 radical (unpaired) electrons. The van der Waals surface area contributed by atoms with Gasteiger partial charge in [-0.25, -0.2) is 4.79 Å². The van der Waals surface area contributed by atoms with E-state index < -0.39 is 0 Å². The lowest BCUT2D eigenvalue weighted by atomic mass is 9.92. The molecule has 0 aromatic heterocycles. The van der Waals surface area contributed by atoms with Crippen LogP contribution in [-0.2, 0) is 4.74 Å². The highest BCUT2D eigenvalue weighted by Gasteiger charge is 2.44. The number of aliphatic hydroxyl groups is 1. The molecule has 3 aliphatic rings. The van der Waals surface area contributed by atoms with Gasteiger partial charge in [-0.3, -0.25) is 0 Å². The minimum Gasteiger partial charge on any atom is -0.449 e. The molecule has 0 bridgehead atoms. The highest BCUT2D eigenvalue weighted by molar-refractivity contribution is 5.79. The third-order valence-corrected chi connectivity index (χ3v) is 6.66. The summed E-state index contributed by atoms with van der Waals surface area (Å²) in [6.07, 6.45) is 4.26. The molecule has 28 heavy (non-hydrogen) atoms. The summed E-state index contributed by atoms with van der Waals surface area (Å²) in [5.41, 5.74) is 4.91. The first-order chi connectivity index (χ1) is 13.8. The molecule has 5 rings (SSSR count). The van der Waals surface area contributed by atoms with Gasteiger partial charge in [-0.1, -0.05) is 48.5 Å². The molecule has 0 aliphatic heterocycles. The lowest BCUT2D eigenvalue weighted by Crippen LogP contribution is -2.44. The second kappa shape index (κ2) is 7.25. The smallest absolute Gasteiger partial charge is 0.407 e. The largest absolute Gasteiger partial charge is 0.449 e. The van der Waals surface area contributed by atoms with Crippen molar-refractivity contribution < 1.29 is 14.6 Å². The van der Waals surface area contributed by atoms with E-state index in [1.54, 1.807) is 0 Å². The highest BCUT2D eigenvalue weighted by Crippen LogP contribution is 2.46. The van der Waals surface area contributed by atoms with Gasteiger partial charge in [-0.05, 0) is 59.8 Å². The van der Waals surface area contributed by atoms with Gasteiger partial charge in [0.25, 0.3) is 0 Å². The summed E-state index contributed by atoms with van der Waals surface area (Å²) in [4.78, 5) is 12.6. The SMILES string of the molecule is O=C(NC(C1CC1)C(CO)C1CC1)OCC1c2ccccc2-c2ccccc21. The molecule has 4 heteroatoms. The number of ether oxygens (including phenoxy) is 1. The molecule has 2 aromatic rings. The van der Waals surface area contributed by atoms with Crippen molar-refractivity contribution in [2.24, 2.45) is 17.8 Å². The van der Waals surface area contributed by atoms with E-state index >= 15 is 0 Å². The number of carbonyl (C=O) groups excluding carboxylic acids is 1. The Morgan fingerprint density at radius 2 is 1.54 bits per heavy atom. The number of fused-ring (bicyclic) bond motifs is 3. The van der Waals surface area contributed by atoms with Crippen molar-refractivity contribution in [2.75, 3.05) is 13.2 Å². The van der Waals surface area contributed by atoms with Crippen molar-refractivity contribution in [1.82, 2.24) is 5.32 Å². The Morgan fingerprint density at radius 1 is 0.964 bits per heavy atom. The van der Waals surface area contributed by atoms with Crippen LogP contribution in [0.4, 0.5) is 4.79 Å². The number of hydrogen-bond donors (Lipinski definition) is 2. The molecule has 0 heterocycles. The first kappa shape index (κ1) is 17.7. The molecule has 2 fully saturated rings. The zero-order chi connectivity index (χ0) is 19.1. The molecular formula is C24H27NO3. The van der Waals surface area contributed by atoms with Crippen LogP contribution in [0.15, 0.2) is 48.5 Å². The third-order valence-electron chi connectivity index (χ3n) is 6.66. The maximum Gasteiger partial charge on any atom is 0.407 e. The van der Waals surface area contributed by atoms with Gasteiger partial charge in [0.2, 0.25) is 0 Å². The summed E-state index contributed by atoms with van der Waals surface area (Å²) in [6, 6.07) is 16.8. The van der Waals surface area contributed by atoms with Crippen LogP contribution in [-0.4, -0.2) is 30.5 Å². The van der Waals surface area contributed by atoms with E-state index in [1.807, 2.05) is 12.1 Å². The quantitative estimate of drug-likeness (QED) is 0.755.